The number of nitrogens with zero attached hydrogens (tertiary/aromatic N) is 1. The summed E-state index contributed by atoms with van der Waals surface area (Å²) in [6, 6.07) is 6.96. The molecule has 0 aliphatic carbocycles. The van der Waals surface area contributed by atoms with E-state index < -0.39 is 5.97 Å². The normalized spacial score (nSPS) is 10.8. The molecule has 0 radical (unpaired) electrons. The molecule has 0 heterocycles. The number of aliphatic carboxylic acids is 1. The summed E-state index contributed by atoms with van der Waals surface area (Å²) in [4.78, 5) is 24.9. The van der Waals surface area contributed by atoms with Crippen molar-refractivity contribution < 1.29 is 19.4 Å². The van der Waals surface area contributed by atoms with Gasteiger partial charge in [0, 0.05) is 18.2 Å². The Bertz CT molecular complexity index is 511. The molecule has 5 heteroatoms. The molecule has 0 atom stereocenters. The van der Waals surface area contributed by atoms with Gasteiger partial charge in [-0.15, -0.1) is 0 Å². The Morgan fingerprint density at radius 3 is 2.45 bits per heavy atom. The van der Waals surface area contributed by atoms with Crippen LogP contribution in [0.5, 0.6) is 5.75 Å². The van der Waals surface area contributed by atoms with Gasteiger partial charge in [-0.1, -0.05) is 19.9 Å². The smallest absolute Gasteiger partial charge is 0.305 e. The number of hydrogen-bond acceptors (Lipinski definition) is 3. The molecule has 1 N–H and O–H groups in total. The monoisotopic (exact) mass is 307 g/mol. The standard InChI is InChI=1S/C17H25NO4/c1-12(2)11-22-15-7-5-6-14(10-15)17(21)18(13(3)4)9-8-16(19)20/h5-7,10,12-13H,8-9,11H2,1-4H3,(H,19,20). The Labute approximate surface area is 131 Å². The van der Waals surface area contributed by atoms with Crippen molar-refractivity contribution in [3.8, 4) is 5.75 Å². The van der Waals surface area contributed by atoms with E-state index in [1.54, 1.807) is 23.1 Å². The number of carboxylic acids is 1. The van der Waals surface area contributed by atoms with E-state index in [2.05, 4.69) is 13.8 Å². The maximum absolute atomic E-state index is 12.6. The van der Waals surface area contributed by atoms with Crippen molar-refractivity contribution >= 4 is 11.9 Å². The van der Waals surface area contributed by atoms with Gasteiger partial charge in [0.1, 0.15) is 5.75 Å². The van der Waals surface area contributed by atoms with E-state index in [0.29, 0.717) is 23.8 Å². The molecule has 1 aromatic carbocycles. The van der Waals surface area contributed by atoms with Gasteiger partial charge in [-0.05, 0) is 38.0 Å². The Morgan fingerprint density at radius 2 is 1.91 bits per heavy atom. The molecule has 122 valence electrons. The van der Waals surface area contributed by atoms with Crippen LogP contribution < -0.4 is 4.74 Å². The Balaban J connectivity index is 2.84. The zero-order valence-electron chi connectivity index (χ0n) is 13.7. The van der Waals surface area contributed by atoms with Crippen molar-refractivity contribution in [3.63, 3.8) is 0 Å². The number of carbonyl (C=O) groups is 2. The highest BCUT2D eigenvalue weighted by Crippen LogP contribution is 2.17. The van der Waals surface area contributed by atoms with Crippen molar-refractivity contribution in [2.24, 2.45) is 5.92 Å². The lowest BCUT2D eigenvalue weighted by Crippen LogP contribution is -2.38. The molecule has 1 rings (SSSR count). The number of benzene rings is 1. The number of hydrogen-bond donors (Lipinski definition) is 1. The summed E-state index contributed by atoms with van der Waals surface area (Å²) in [5, 5.41) is 8.80. The van der Waals surface area contributed by atoms with Gasteiger partial charge in [-0.25, -0.2) is 0 Å². The van der Waals surface area contributed by atoms with E-state index >= 15 is 0 Å². The average Bonchev–Trinajstić information content (AvgIpc) is 2.44. The molecule has 0 bridgehead atoms. The summed E-state index contributed by atoms with van der Waals surface area (Å²) in [5.41, 5.74) is 0.514. The first-order chi connectivity index (χ1) is 10.3. The SMILES string of the molecule is CC(C)COc1cccc(C(=O)N(CCC(=O)O)C(C)C)c1. The predicted octanol–water partition coefficient (Wildman–Crippen LogP) is 3.05. The molecule has 0 saturated heterocycles. The second kappa shape index (κ2) is 8.41. The van der Waals surface area contributed by atoms with E-state index in [1.165, 1.54) is 0 Å². The number of carbonyl (C=O) groups excluding carboxylic acids is 1. The van der Waals surface area contributed by atoms with Crippen LogP contribution in [0.4, 0.5) is 0 Å². The van der Waals surface area contributed by atoms with Crippen molar-refractivity contribution in [1.82, 2.24) is 4.90 Å². The van der Waals surface area contributed by atoms with E-state index in [-0.39, 0.29) is 24.9 Å². The van der Waals surface area contributed by atoms with Crippen LogP contribution in [-0.4, -0.2) is 41.1 Å². The summed E-state index contributed by atoms with van der Waals surface area (Å²) in [7, 11) is 0. The topological polar surface area (TPSA) is 66.8 Å². The van der Waals surface area contributed by atoms with Crippen LogP contribution in [0.1, 0.15) is 44.5 Å². The Hall–Kier alpha value is -2.04. The fourth-order valence-corrected chi connectivity index (χ4v) is 1.96. The first kappa shape index (κ1) is 18.0. The molecule has 0 spiro atoms. The fourth-order valence-electron chi connectivity index (χ4n) is 1.96. The van der Waals surface area contributed by atoms with Crippen LogP contribution in [0.15, 0.2) is 24.3 Å². The molecule has 0 aromatic heterocycles. The molecule has 0 unspecified atom stereocenters. The van der Waals surface area contributed by atoms with Crippen LogP contribution in [0, 0.1) is 5.92 Å². The summed E-state index contributed by atoms with van der Waals surface area (Å²) in [5.74, 6) is -0.0257. The minimum atomic E-state index is -0.910. The van der Waals surface area contributed by atoms with Gasteiger partial charge >= 0.3 is 5.97 Å². The van der Waals surface area contributed by atoms with Gasteiger partial charge in [0.15, 0.2) is 0 Å². The number of rotatable bonds is 8. The molecule has 1 aromatic rings. The highest BCUT2D eigenvalue weighted by molar-refractivity contribution is 5.95. The third-order valence-electron chi connectivity index (χ3n) is 3.12. The minimum absolute atomic E-state index is 0.0620. The van der Waals surface area contributed by atoms with Crippen LogP contribution in [0.3, 0.4) is 0 Å². The van der Waals surface area contributed by atoms with Gasteiger partial charge in [0.25, 0.3) is 5.91 Å². The Morgan fingerprint density at radius 1 is 1.23 bits per heavy atom. The number of amides is 1. The molecule has 0 fully saturated rings. The van der Waals surface area contributed by atoms with Crippen LogP contribution in [0.2, 0.25) is 0 Å². The third-order valence-corrected chi connectivity index (χ3v) is 3.12. The third kappa shape index (κ3) is 5.76. The lowest BCUT2D eigenvalue weighted by molar-refractivity contribution is -0.137. The van der Waals surface area contributed by atoms with E-state index in [1.807, 2.05) is 19.9 Å². The van der Waals surface area contributed by atoms with E-state index in [4.69, 9.17) is 9.84 Å². The first-order valence-electron chi connectivity index (χ1n) is 7.57. The molecule has 0 saturated carbocycles. The van der Waals surface area contributed by atoms with Crippen molar-refractivity contribution in [3.05, 3.63) is 29.8 Å². The lowest BCUT2D eigenvalue weighted by Gasteiger charge is -2.26. The Kier molecular flexibility index (Phi) is 6.89. The van der Waals surface area contributed by atoms with Gasteiger partial charge in [0.2, 0.25) is 0 Å². The van der Waals surface area contributed by atoms with E-state index in [0.717, 1.165) is 0 Å². The minimum Gasteiger partial charge on any atom is -0.493 e. The highest BCUT2D eigenvalue weighted by atomic mass is 16.5. The molecular formula is C17H25NO4. The summed E-state index contributed by atoms with van der Waals surface area (Å²) >= 11 is 0. The van der Waals surface area contributed by atoms with E-state index in [9.17, 15) is 9.59 Å². The van der Waals surface area contributed by atoms with Gasteiger partial charge < -0.3 is 14.7 Å². The van der Waals surface area contributed by atoms with Crippen molar-refractivity contribution in [2.75, 3.05) is 13.2 Å². The fraction of sp³-hybridized carbons (Fsp3) is 0.529. The van der Waals surface area contributed by atoms with Gasteiger partial charge in [0.05, 0.1) is 13.0 Å². The summed E-state index contributed by atoms with van der Waals surface area (Å²) in [6.45, 7) is 8.65. The maximum atomic E-state index is 12.6. The average molecular weight is 307 g/mol. The van der Waals surface area contributed by atoms with Crippen LogP contribution >= 0.6 is 0 Å². The van der Waals surface area contributed by atoms with Crippen LogP contribution in [-0.2, 0) is 4.79 Å². The second-order valence-electron chi connectivity index (χ2n) is 5.97. The molecule has 22 heavy (non-hydrogen) atoms. The second-order valence-corrected chi connectivity index (χ2v) is 5.97. The van der Waals surface area contributed by atoms with Gasteiger partial charge in [-0.2, -0.15) is 0 Å². The lowest BCUT2D eigenvalue weighted by atomic mass is 10.1. The molecule has 0 aliphatic rings. The largest absolute Gasteiger partial charge is 0.493 e. The predicted molar refractivity (Wildman–Crippen MR) is 85.2 cm³/mol. The highest BCUT2D eigenvalue weighted by Gasteiger charge is 2.20. The number of carboxylic acid groups (broad SMARTS) is 1. The quantitative estimate of drug-likeness (QED) is 0.801. The first-order valence-corrected chi connectivity index (χ1v) is 7.57. The van der Waals surface area contributed by atoms with Crippen molar-refractivity contribution in [2.45, 2.75) is 40.2 Å². The molecule has 0 aliphatic heterocycles. The number of ether oxygens (including phenoxy) is 1. The zero-order chi connectivity index (χ0) is 16.7. The summed E-state index contributed by atoms with van der Waals surface area (Å²) < 4.78 is 5.63. The van der Waals surface area contributed by atoms with Gasteiger partial charge in [-0.3, -0.25) is 9.59 Å². The zero-order valence-corrected chi connectivity index (χ0v) is 13.7. The molecule has 1 amide bonds. The summed E-state index contributed by atoms with van der Waals surface area (Å²) in [6.07, 6.45) is -0.0620. The molecule has 5 nitrogen and oxygen atoms in total. The molecular weight excluding hydrogens is 282 g/mol. The van der Waals surface area contributed by atoms with Crippen LogP contribution in [0.25, 0.3) is 0 Å². The van der Waals surface area contributed by atoms with Crippen molar-refractivity contribution in [1.29, 1.82) is 0 Å². The maximum Gasteiger partial charge on any atom is 0.305 e.